The highest BCUT2D eigenvalue weighted by Gasteiger charge is 2.30. The Morgan fingerprint density at radius 3 is 2.47 bits per heavy atom. The Morgan fingerprint density at radius 2 is 2.00 bits per heavy atom. The molecule has 0 atom stereocenters. The number of carbonyl (C=O) groups is 1. The zero-order chi connectivity index (χ0) is 14.0. The van der Waals surface area contributed by atoms with Crippen molar-refractivity contribution in [2.24, 2.45) is 5.73 Å². The summed E-state index contributed by atoms with van der Waals surface area (Å²) in [4.78, 5) is 16.5. The number of hydrogen-bond donors (Lipinski definition) is 1. The van der Waals surface area contributed by atoms with E-state index in [1.807, 2.05) is 11.8 Å². The summed E-state index contributed by atoms with van der Waals surface area (Å²) in [6.45, 7) is 9.98. The van der Waals surface area contributed by atoms with Gasteiger partial charge in [-0.25, -0.2) is 0 Å². The van der Waals surface area contributed by atoms with Crippen LogP contribution in [0.15, 0.2) is 16.7 Å². The fourth-order valence-electron chi connectivity index (χ4n) is 2.38. The molecule has 0 aliphatic carbocycles. The molecule has 5 heteroatoms. The molecule has 1 fully saturated rings. The van der Waals surface area contributed by atoms with Crippen molar-refractivity contribution in [2.45, 2.75) is 26.3 Å². The van der Waals surface area contributed by atoms with Crippen LogP contribution in [0.2, 0.25) is 0 Å². The molecule has 19 heavy (non-hydrogen) atoms. The van der Waals surface area contributed by atoms with E-state index in [2.05, 4.69) is 18.7 Å². The second kappa shape index (κ2) is 5.35. The summed E-state index contributed by atoms with van der Waals surface area (Å²) in [7, 11) is 0. The van der Waals surface area contributed by atoms with Gasteiger partial charge in [-0.3, -0.25) is 9.69 Å². The first-order chi connectivity index (χ1) is 8.94. The van der Waals surface area contributed by atoms with Crippen LogP contribution in [0.3, 0.4) is 0 Å². The normalized spacial score (nSPS) is 17.8. The first kappa shape index (κ1) is 14.1. The Morgan fingerprint density at radius 1 is 1.37 bits per heavy atom. The first-order valence-corrected chi connectivity index (χ1v) is 6.73. The Kier molecular flexibility index (Phi) is 3.96. The molecular weight excluding hydrogens is 242 g/mol. The van der Waals surface area contributed by atoms with Gasteiger partial charge >= 0.3 is 0 Å². The summed E-state index contributed by atoms with van der Waals surface area (Å²) in [6, 6.07) is 1.79. The maximum Gasteiger partial charge on any atom is 0.257 e. The molecule has 0 saturated carbocycles. The summed E-state index contributed by atoms with van der Waals surface area (Å²) >= 11 is 0. The summed E-state index contributed by atoms with van der Waals surface area (Å²) in [6.07, 6.45) is 1.54. The third kappa shape index (κ3) is 2.98. The molecule has 1 aliphatic rings. The fourth-order valence-corrected chi connectivity index (χ4v) is 2.38. The van der Waals surface area contributed by atoms with E-state index in [-0.39, 0.29) is 11.4 Å². The maximum atomic E-state index is 12.3. The number of aryl methyl sites for hydroxylation is 1. The average Bonchev–Trinajstić information content (AvgIpc) is 2.85. The van der Waals surface area contributed by atoms with Gasteiger partial charge < -0.3 is 15.1 Å². The molecule has 1 amide bonds. The molecule has 1 aliphatic heterocycles. The second-order valence-corrected chi connectivity index (χ2v) is 5.74. The van der Waals surface area contributed by atoms with Crippen LogP contribution >= 0.6 is 0 Å². The molecule has 1 saturated heterocycles. The van der Waals surface area contributed by atoms with Gasteiger partial charge in [0.1, 0.15) is 12.0 Å². The lowest BCUT2D eigenvalue weighted by Gasteiger charge is -2.43. The molecule has 1 aromatic rings. The quantitative estimate of drug-likeness (QED) is 0.888. The highest BCUT2D eigenvalue weighted by Crippen LogP contribution is 2.17. The van der Waals surface area contributed by atoms with E-state index in [1.165, 1.54) is 6.26 Å². The highest BCUT2D eigenvalue weighted by atomic mass is 16.3. The van der Waals surface area contributed by atoms with Crippen molar-refractivity contribution in [3.05, 3.63) is 23.7 Å². The van der Waals surface area contributed by atoms with Gasteiger partial charge in [0.25, 0.3) is 5.91 Å². The molecule has 0 radical (unpaired) electrons. The van der Waals surface area contributed by atoms with Crippen LogP contribution < -0.4 is 5.73 Å². The lowest BCUT2D eigenvalue weighted by atomic mass is 10.0. The lowest BCUT2D eigenvalue weighted by molar-refractivity contribution is 0.0426. The zero-order valence-electron chi connectivity index (χ0n) is 12.0. The molecule has 2 heterocycles. The third-order valence-electron chi connectivity index (χ3n) is 3.90. The van der Waals surface area contributed by atoms with Gasteiger partial charge in [-0.15, -0.1) is 0 Å². The first-order valence-electron chi connectivity index (χ1n) is 6.73. The number of piperazine rings is 1. The van der Waals surface area contributed by atoms with Crippen LogP contribution in [0.25, 0.3) is 0 Å². The predicted molar refractivity (Wildman–Crippen MR) is 74.1 cm³/mol. The number of nitrogens with two attached hydrogens (primary N) is 1. The summed E-state index contributed by atoms with van der Waals surface area (Å²) in [5.74, 6) is 0.827. The van der Waals surface area contributed by atoms with Crippen LogP contribution in [0.5, 0.6) is 0 Å². The zero-order valence-corrected chi connectivity index (χ0v) is 12.0. The largest absolute Gasteiger partial charge is 0.469 e. The van der Waals surface area contributed by atoms with E-state index in [9.17, 15) is 4.79 Å². The minimum absolute atomic E-state index is 0.00136. The van der Waals surface area contributed by atoms with Crippen molar-refractivity contribution < 1.29 is 9.21 Å². The number of rotatable bonds is 3. The Bertz CT molecular complexity index is 445. The second-order valence-electron chi connectivity index (χ2n) is 5.74. The van der Waals surface area contributed by atoms with Gasteiger partial charge in [0, 0.05) is 38.3 Å². The molecule has 0 aromatic carbocycles. The maximum absolute atomic E-state index is 12.3. The van der Waals surface area contributed by atoms with Crippen LogP contribution in [0, 0.1) is 6.92 Å². The van der Waals surface area contributed by atoms with Crippen LogP contribution in [-0.4, -0.2) is 54.0 Å². The summed E-state index contributed by atoms with van der Waals surface area (Å²) in [5, 5.41) is 0. The minimum atomic E-state index is 0.00136. The molecule has 1 aromatic heterocycles. The van der Waals surface area contributed by atoms with Crippen molar-refractivity contribution in [1.82, 2.24) is 9.80 Å². The van der Waals surface area contributed by atoms with Crippen LogP contribution in [-0.2, 0) is 0 Å². The molecule has 2 N–H and O–H groups in total. The molecule has 0 bridgehead atoms. The Labute approximate surface area is 114 Å². The molecule has 106 valence electrons. The molecular formula is C14H23N3O2. The summed E-state index contributed by atoms with van der Waals surface area (Å²) < 4.78 is 5.19. The predicted octanol–water partition coefficient (Wildman–Crippen LogP) is 1.08. The number of amides is 1. The molecule has 0 spiro atoms. The lowest BCUT2D eigenvalue weighted by Crippen LogP contribution is -2.58. The molecule has 2 rings (SSSR count). The van der Waals surface area contributed by atoms with Gasteiger partial charge in [-0.1, -0.05) is 0 Å². The number of carbonyl (C=O) groups excluding carboxylic acids is 1. The van der Waals surface area contributed by atoms with E-state index in [1.54, 1.807) is 6.07 Å². The molecule has 5 nitrogen and oxygen atoms in total. The average molecular weight is 265 g/mol. The van der Waals surface area contributed by atoms with E-state index in [0.717, 1.165) is 31.9 Å². The number of hydrogen-bond acceptors (Lipinski definition) is 4. The van der Waals surface area contributed by atoms with Crippen LogP contribution in [0.4, 0.5) is 0 Å². The van der Waals surface area contributed by atoms with Crippen molar-refractivity contribution >= 4 is 5.91 Å². The van der Waals surface area contributed by atoms with Gasteiger partial charge in [-0.05, 0) is 26.8 Å². The van der Waals surface area contributed by atoms with Crippen molar-refractivity contribution in [1.29, 1.82) is 0 Å². The van der Waals surface area contributed by atoms with Crippen molar-refractivity contribution in [2.75, 3.05) is 32.7 Å². The third-order valence-corrected chi connectivity index (χ3v) is 3.90. The molecule has 0 unspecified atom stereocenters. The minimum Gasteiger partial charge on any atom is -0.469 e. The Balaban J connectivity index is 1.95. The van der Waals surface area contributed by atoms with Gasteiger partial charge in [0.05, 0.1) is 5.56 Å². The SMILES string of the molecule is Cc1cc(C(=O)N2CCN(C(C)(C)CN)CC2)co1. The van der Waals surface area contributed by atoms with E-state index < -0.39 is 0 Å². The van der Waals surface area contributed by atoms with Crippen LogP contribution in [0.1, 0.15) is 30.0 Å². The van der Waals surface area contributed by atoms with E-state index >= 15 is 0 Å². The van der Waals surface area contributed by atoms with Crippen molar-refractivity contribution in [3.63, 3.8) is 0 Å². The topological polar surface area (TPSA) is 62.7 Å². The fraction of sp³-hybridized carbons (Fsp3) is 0.643. The Hall–Kier alpha value is -1.33. The van der Waals surface area contributed by atoms with Gasteiger partial charge in [-0.2, -0.15) is 0 Å². The number of furan rings is 1. The van der Waals surface area contributed by atoms with E-state index in [0.29, 0.717) is 12.1 Å². The highest BCUT2D eigenvalue weighted by molar-refractivity contribution is 5.94. The van der Waals surface area contributed by atoms with Gasteiger partial charge in [0.2, 0.25) is 0 Å². The van der Waals surface area contributed by atoms with E-state index in [4.69, 9.17) is 10.2 Å². The van der Waals surface area contributed by atoms with Gasteiger partial charge in [0.15, 0.2) is 0 Å². The smallest absolute Gasteiger partial charge is 0.257 e. The van der Waals surface area contributed by atoms with Crippen molar-refractivity contribution in [3.8, 4) is 0 Å². The summed E-state index contributed by atoms with van der Waals surface area (Å²) in [5.41, 5.74) is 6.43. The standard InChI is InChI=1S/C14H23N3O2/c1-11-8-12(9-19-11)13(18)16-4-6-17(7-5-16)14(2,3)10-15/h8-9H,4-7,10,15H2,1-3H3. The monoisotopic (exact) mass is 265 g/mol. The number of nitrogens with zero attached hydrogens (tertiary/aromatic N) is 2.